The Labute approximate surface area is 124 Å². The third-order valence-electron chi connectivity index (χ3n) is 1.94. The van der Waals surface area contributed by atoms with Crippen LogP contribution in [0.3, 0.4) is 0 Å². The highest BCUT2D eigenvalue weighted by molar-refractivity contribution is 8.11. The Morgan fingerprint density at radius 2 is 1.32 bits per heavy atom. The largest absolute Gasteiger partial charge is 0.517 e. The molecule has 0 aromatic carbocycles. The van der Waals surface area contributed by atoms with Crippen molar-refractivity contribution in [3.8, 4) is 0 Å². The van der Waals surface area contributed by atoms with E-state index in [1.54, 1.807) is 0 Å². The number of alkyl halides is 6. The van der Waals surface area contributed by atoms with Crippen molar-refractivity contribution in [2.24, 2.45) is 0 Å². The van der Waals surface area contributed by atoms with Crippen molar-refractivity contribution in [1.29, 1.82) is 0 Å². The molecule has 0 saturated carbocycles. The Hall–Kier alpha value is -1.28. The van der Waals surface area contributed by atoms with E-state index in [1.165, 1.54) is 0 Å². The number of aromatic nitrogens is 1. The molecule has 0 aliphatic carbocycles. The fourth-order valence-corrected chi connectivity index (χ4v) is 3.87. The molecule has 1 aromatic heterocycles. The highest BCUT2D eigenvalue weighted by Gasteiger charge is 2.61. The summed E-state index contributed by atoms with van der Waals surface area (Å²) in [5, 5.41) is -0.419. The van der Waals surface area contributed by atoms with Crippen molar-refractivity contribution in [3.63, 3.8) is 0 Å². The summed E-state index contributed by atoms with van der Waals surface area (Å²) < 4.78 is 118. The van der Waals surface area contributed by atoms with Crippen LogP contribution in [0.2, 0.25) is 5.15 Å². The molecular formula is C7H3ClF6N2O4S2. The van der Waals surface area contributed by atoms with E-state index in [2.05, 4.69) is 4.98 Å². The van der Waals surface area contributed by atoms with Gasteiger partial charge in [0.25, 0.3) is 0 Å². The van der Waals surface area contributed by atoms with E-state index in [1.807, 2.05) is 0 Å². The molecule has 0 aliphatic heterocycles. The van der Waals surface area contributed by atoms with Crippen LogP contribution < -0.4 is 3.71 Å². The highest BCUT2D eigenvalue weighted by Crippen LogP contribution is 2.38. The Balaban J connectivity index is 3.73. The minimum Gasteiger partial charge on any atom is -0.242 e. The first-order valence-electron chi connectivity index (χ1n) is 4.67. The van der Waals surface area contributed by atoms with Gasteiger partial charge in [0.2, 0.25) is 0 Å². The number of hydrogen-bond donors (Lipinski definition) is 0. The second-order valence-corrected chi connectivity index (χ2v) is 7.61. The number of halogens is 7. The SMILES string of the molecule is O=S(=O)(N(c1ccc(Cl)nc1)S(=O)(=O)C(F)(F)F)C(F)(F)F. The van der Waals surface area contributed by atoms with Crippen LogP contribution in [0.5, 0.6) is 0 Å². The van der Waals surface area contributed by atoms with Crippen molar-refractivity contribution >= 4 is 37.3 Å². The molecule has 0 fully saturated rings. The van der Waals surface area contributed by atoms with Crippen molar-refractivity contribution in [1.82, 2.24) is 4.98 Å². The van der Waals surface area contributed by atoms with Crippen LogP contribution in [0.25, 0.3) is 0 Å². The zero-order chi connectivity index (χ0) is 17.6. The normalized spacial score (nSPS) is 14.0. The van der Waals surface area contributed by atoms with Gasteiger partial charge in [0.15, 0.2) is 0 Å². The molecule has 0 bridgehead atoms. The topological polar surface area (TPSA) is 84.4 Å². The molecule has 0 aliphatic rings. The molecule has 0 amide bonds. The van der Waals surface area contributed by atoms with E-state index in [0.29, 0.717) is 12.1 Å². The van der Waals surface area contributed by atoms with Gasteiger partial charge in [-0.3, -0.25) is 0 Å². The molecule has 126 valence electrons. The molecular weight excluding hydrogens is 390 g/mol. The van der Waals surface area contributed by atoms with Crippen molar-refractivity contribution in [3.05, 3.63) is 23.5 Å². The van der Waals surface area contributed by atoms with Gasteiger partial charge in [-0.15, -0.1) is 3.71 Å². The molecule has 1 rings (SSSR count). The zero-order valence-corrected chi connectivity index (χ0v) is 12.1. The van der Waals surface area contributed by atoms with Crippen LogP contribution in [0.4, 0.5) is 32.0 Å². The van der Waals surface area contributed by atoms with Crippen LogP contribution in [-0.2, 0) is 20.0 Å². The summed E-state index contributed by atoms with van der Waals surface area (Å²) in [6, 6.07) is 0.934. The molecule has 0 unspecified atom stereocenters. The van der Waals surface area contributed by atoms with Gasteiger partial charge in [-0.05, 0) is 12.1 Å². The number of nitrogens with zero attached hydrogens (tertiary/aromatic N) is 2. The lowest BCUT2D eigenvalue weighted by Gasteiger charge is -2.25. The molecule has 1 heterocycles. The Morgan fingerprint density at radius 3 is 1.59 bits per heavy atom. The van der Waals surface area contributed by atoms with E-state index < -0.39 is 45.6 Å². The van der Waals surface area contributed by atoms with Crippen LogP contribution in [0, 0.1) is 0 Å². The summed E-state index contributed by atoms with van der Waals surface area (Å²) >= 11 is 5.25. The third-order valence-corrected chi connectivity index (χ3v) is 5.81. The van der Waals surface area contributed by atoms with Gasteiger partial charge in [0.05, 0.1) is 11.9 Å². The van der Waals surface area contributed by atoms with E-state index >= 15 is 0 Å². The number of rotatable bonds is 3. The van der Waals surface area contributed by atoms with Gasteiger partial charge >= 0.3 is 31.1 Å². The third kappa shape index (κ3) is 3.22. The minimum atomic E-state index is -6.90. The van der Waals surface area contributed by atoms with E-state index in [4.69, 9.17) is 11.6 Å². The van der Waals surface area contributed by atoms with Gasteiger partial charge in [-0.1, -0.05) is 11.6 Å². The Bertz CT molecular complexity index is 712. The molecule has 22 heavy (non-hydrogen) atoms. The summed E-state index contributed by atoms with van der Waals surface area (Å²) in [5.41, 5.74) is -14.1. The van der Waals surface area contributed by atoms with Gasteiger partial charge in [-0.2, -0.15) is 43.2 Å². The highest BCUT2D eigenvalue weighted by atomic mass is 35.5. The first-order chi connectivity index (χ1) is 9.62. The summed E-state index contributed by atoms with van der Waals surface area (Å²) in [4.78, 5) is 3.05. The second kappa shape index (κ2) is 5.42. The average molecular weight is 393 g/mol. The number of sulfonamides is 2. The molecule has 15 heteroatoms. The lowest BCUT2D eigenvalue weighted by Crippen LogP contribution is -2.49. The molecule has 0 atom stereocenters. The number of anilines is 1. The molecule has 1 aromatic rings. The molecule has 0 radical (unpaired) electrons. The van der Waals surface area contributed by atoms with Crippen molar-refractivity contribution in [2.75, 3.05) is 3.71 Å². The minimum absolute atomic E-state index is 0.134. The quantitative estimate of drug-likeness (QED) is 0.582. The van der Waals surface area contributed by atoms with Crippen molar-refractivity contribution in [2.45, 2.75) is 11.0 Å². The lowest BCUT2D eigenvalue weighted by molar-refractivity contribution is -0.0462. The molecule has 0 N–H and O–H groups in total. The fraction of sp³-hybridized carbons (Fsp3) is 0.286. The smallest absolute Gasteiger partial charge is 0.242 e. The predicted molar refractivity (Wildman–Crippen MR) is 61.7 cm³/mol. The maximum Gasteiger partial charge on any atom is 0.517 e. The predicted octanol–water partition coefficient (Wildman–Crippen LogP) is 2.24. The number of pyridine rings is 1. The lowest BCUT2D eigenvalue weighted by atomic mass is 10.4. The summed E-state index contributed by atoms with van der Waals surface area (Å²) in [7, 11) is -13.8. The zero-order valence-electron chi connectivity index (χ0n) is 9.72. The van der Waals surface area contributed by atoms with Crippen LogP contribution in [-0.4, -0.2) is 32.8 Å². The van der Waals surface area contributed by atoms with Crippen LogP contribution in [0.15, 0.2) is 18.3 Å². The second-order valence-electron chi connectivity index (χ2n) is 3.44. The molecule has 0 spiro atoms. The summed E-state index contributed by atoms with van der Waals surface area (Å²) in [6.45, 7) is 0. The molecule has 0 saturated heterocycles. The average Bonchev–Trinajstić information content (AvgIpc) is 2.28. The fourth-order valence-electron chi connectivity index (χ4n) is 1.07. The van der Waals surface area contributed by atoms with Gasteiger partial charge < -0.3 is 0 Å². The van der Waals surface area contributed by atoms with Gasteiger partial charge in [0, 0.05) is 0 Å². The standard InChI is InChI=1S/C7H3ClF6N2O4S2/c8-5-2-1-4(3-15-5)16(21(17,18)6(9,10)11)22(19,20)7(12,13)14/h1-3H. The van der Waals surface area contributed by atoms with E-state index in [0.717, 1.165) is 0 Å². The first-order valence-corrected chi connectivity index (χ1v) is 7.93. The monoisotopic (exact) mass is 392 g/mol. The van der Waals surface area contributed by atoms with Gasteiger partial charge in [0.1, 0.15) is 5.15 Å². The van der Waals surface area contributed by atoms with E-state index in [9.17, 15) is 43.2 Å². The van der Waals surface area contributed by atoms with Crippen molar-refractivity contribution < 1.29 is 43.2 Å². The maximum atomic E-state index is 12.5. The molecule has 6 nitrogen and oxygen atoms in total. The van der Waals surface area contributed by atoms with Crippen LogP contribution >= 0.6 is 11.6 Å². The Kier molecular flexibility index (Phi) is 4.62. The maximum absolute atomic E-state index is 12.5. The van der Waals surface area contributed by atoms with E-state index in [-0.39, 0.29) is 6.20 Å². The van der Waals surface area contributed by atoms with Crippen LogP contribution in [0.1, 0.15) is 0 Å². The summed E-state index contributed by atoms with van der Waals surface area (Å²) in [5.74, 6) is 0. The Morgan fingerprint density at radius 1 is 0.909 bits per heavy atom. The first kappa shape index (κ1) is 18.8. The number of hydrogen-bond acceptors (Lipinski definition) is 5. The summed E-state index contributed by atoms with van der Waals surface area (Å²) in [6.07, 6.45) is 0.134. The van der Waals surface area contributed by atoms with Gasteiger partial charge in [-0.25, -0.2) is 4.98 Å².